The first-order valence-corrected chi connectivity index (χ1v) is 13.5. The molecular weight excluding hydrogens is 452 g/mol. The van der Waals surface area contributed by atoms with Gasteiger partial charge < -0.3 is 19.6 Å². The Morgan fingerprint density at radius 3 is 2.71 bits per heavy atom. The lowest BCUT2D eigenvalue weighted by atomic mass is 9.66. The standard InChI is InChI=1S/C26H40N2O5S/c1-5-8-10-13-27(12-7-3)24(31)22-26-18(4)17-19(34-26)20(25(32)33-16-9-6-2)21(26)23(30)28(22)14-11-15-29/h6-7,18-22,29H,2-3,5,8-17H2,1,4H3/t18?,19-,20+,21-,22?,26?/m0/s1. The number of fused-ring (bicyclic) bond motifs is 1. The van der Waals surface area contributed by atoms with Gasteiger partial charge in [-0.15, -0.1) is 24.9 Å². The van der Waals surface area contributed by atoms with Crippen molar-refractivity contribution in [1.82, 2.24) is 9.80 Å². The Balaban J connectivity index is 1.96. The summed E-state index contributed by atoms with van der Waals surface area (Å²) in [5, 5.41) is 9.46. The first-order chi connectivity index (χ1) is 16.4. The van der Waals surface area contributed by atoms with Crippen molar-refractivity contribution < 1.29 is 24.2 Å². The van der Waals surface area contributed by atoms with Gasteiger partial charge in [-0.3, -0.25) is 14.4 Å². The molecule has 3 aliphatic heterocycles. The third kappa shape index (κ3) is 4.68. The van der Waals surface area contributed by atoms with Gasteiger partial charge in [0.1, 0.15) is 6.04 Å². The molecule has 0 aromatic rings. The van der Waals surface area contributed by atoms with Gasteiger partial charge in [-0.1, -0.05) is 38.8 Å². The molecular formula is C26H40N2O5S. The molecule has 0 aromatic carbocycles. The van der Waals surface area contributed by atoms with E-state index in [0.717, 1.165) is 25.7 Å². The molecule has 3 aliphatic rings. The third-order valence-corrected chi connectivity index (χ3v) is 9.64. The van der Waals surface area contributed by atoms with E-state index in [1.54, 1.807) is 28.8 Å². The molecule has 2 bridgehead atoms. The van der Waals surface area contributed by atoms with E-state index in [4.69, 9.17) is 4.74 Å². The Labute approximate surface area is 208 Å². The molecule has 2 amide bonds. The number of nitrogens with zero attached hydrogens (tertiary/aromatic N) is 2. The van der Waals surface area contributed by atoms with Gasteiger partial charge in [0.05, 0.1) is 23.2 Å². The van der Waals surface area contributed by atoms with E-state index in [2.05, 4.69) is 27.0 Å². The van der Waals surface area contributed by atoms with Crippen LogP contribution in [0.5, 0.6) is 0 Å². The molecule has 3 unspecified atom stereocenters. The second-order valence-electron chi connectivity index (χ2n) is 9.69. The summed E-state index contributed by atoms with van der Waals surface area (Å²) >= 11 is 1.66. The van der Waals surface area contributed by atoms with Gasteiger partial charge in [0.25, 0.3) is 0 Å². The maximum Gasteiger partial charge on any atom is 0.310 e. The van der Waals surface area contributed by atoms with Gasteiger partial charge in [-0.25, -0.2) is 0 Å². The fourth-order valence-electron chi connectivity index (χ4n) is 6.06. The van der Waals surface area contributed by atoms with Crippen molar-refractivity contribution in [2.24, 2.45) is 17.8 Å². The number of aliphatic hydroxyl groups excluding tert-OH is 1. The summed E-state index contributed by atoms with van der Waals surface area (Å²) in [7, 11) is 0. The van der Waals surface area contributed by atoms with Crippen LogP contribution in [0, 0.1) is 17.8 Å². The van der Waals surface area contributed by atoms with Gasteiger partial charge in [-0.05, 0) is 31.6 Å². The van der Waals surface area contributed by atoms with Crippen molar-refractivity contribution in [2.45, 2.75) is 68.4 Å². The van der Waals surface area contributed by atoms with Crippen LogP contribution in [0.15, 0.2) is 25.3 Å². The average Bonchev–Trinajstić information content (AvgIpc) is 3.40. The van der Waals surface area contributed by atoms with Crippen LogP contribution in [0.25, 0.3) is 0 Å². The van der Waals surface area contributed by atoms with Crippen molar-refractivity contribution in [1.29, 1.82) is 0 Å². The summed E-state index contributed by atoms with van der Waals surface area (Å²) in [6.07, 6.45) is 8.15. The molecule has 6 atom stereocenters. The number of rotatable bonds is 14. The van der Waals surface area contributed by atoms with Crippen molar-refractivity contribution in [3.8, 4) is 0 Å². The molecule has 3 fully saturated rings. The summed E-state index contributed by atoms with van der Waals surface area (Å²) < 4.78 is 4.88. The number of esters is 1. The van der Waals surface area contributed by atoms with Gasteiger partial charge >= 0.3 is 5.97 Å². The summed E-state index contributed by atoms with van der Waals surface area (Å²) in [6.45, 7) is 13.3. The van der Waals surface area contributed by atoms with Crippen LogP contribution in [-0.2, 0) is 19.1 Å². The van der Waals surface area contributed by atoms with E-state index < -0.39 is 22.6 Å². The number of amides is 2. The molecule has 8 heteroatoms. The van der Waals surface area contributed by atoms with Gasteiger partial charge in [0, 0.05) is 31.5 Å². The van der Waals surface area contributed by atoms with Crippen LogP contribution in [0.3, 0.4) is 0 Å². The number of unbranched alkanes of at least 4 members (excludes halogenated alkanes) is 2. The minimum absolute atomic E-state index is 0.0246. The van der Waals surface area contributed by atoms with Crippen molar-refractivity contribution >= 4 is 29.5 Å². The summed E-state index contributed by atoms with van der Waals surface area (Å²) in [5.41, 5.74) is 0. The molecule has 0 saturated carbocycles. The number of carbonyl (C=O) groups is 3. The molecule has 1 N–H and O–H groups in total. The Bertz CT molecular complexity index is 789. The highest BCUT2D eigenvalue weighted by Crippen LogP contribution is 2.68. The highest BCUT2D eigenvalue weighted by atomic mass is 32.2. The van der Waals surface area contributed by atoms with Crippen LogP contribution in [0.2, 0.25) is 0 Å². The number of carbonyl (C=O) groups excluding carboxylic acids is 3. The van der Waals surface area contributed by atoms with E-state index >= 15 is 0 Å². The second-order valence-corrected chi connectivity index (χ2v) is 11.2. The van der Waals surface area contributed by atoms with Crippen molar-refractivity contribution in [2.75, 3.05) is 32.8 Å². The topological polar surface area (TPSA) is 87.2 Å². The predicted molar refractivity (Wildman–Crippen MR) is 134 cm³/mol. The predicted octanol–water partition coefficient (Wildman–Crippen LogP) is 3.03. The molecule has 3 rings (SSSR count). The molecule has 34 heavy (non-hydrogen) atoms. The van der Waals surface area contributed by atoms with E-state index in [1.165, 1.54) is 0 Å². The van der Waals surface area contributed by atoms with E-state index in [0.29, 0.717) is 32.5 Å². The zero-order valence-electron chi connectivity index (χ0n) is 20.6. The number of hydrogen-bond acceptors (Lipinski definition) is 6. The number of aliphatic hydroxyl groups is 1. The SMILES string of the molecule is C=CCCOC(=O)[C@@H]1[C@@H]2CC(C)C3(S2)C(C(=O)N(CC=C)CCCCC)N(CCCO)C(=O)[C@H]13. The molecule has 3 saturated heterocycles. The van der Waals surface area contributed by atoms with E-state index in [9.17, 15) is 19.5 Å². The molecule has 3 heterocycles. The quantitative estimate of drug-likeness (QED) is 0.228. The maximum absolute atomic E-state index is 14.1. The number of thioether (sulfide) groups is 1. The first kappa shape index (κ1) is 26.8. The smallest absolute Gasteiger partial charge is 0.310 e. The van der Waals surface area contributed by atoms with Crippen LogP contribution in [0.4, 0.5) is 0 Å². The molecule has 0 aliphatic carbocycles. The van der Waals surface area contributed by atoms with Gasteiger partial charge in [-0.2, -0.15) is 0 Å². The van der Waals surface area contributed by atoms with Gasteiger partial charge in [0.2, 0.25) is 11.8 Å². The largest absolute Gasteiger partial charge is 0.465 e. The summed E-state index contributed by atoms with van der Waals surface area (Å²) in [5.74, 6) is -1.55. The first-order valence-electron chi connectivity index (χ1n) is 12.6. The second kappa shape index (κ2) is 11.8. The van der Waals surface area contributed by atoms with Crippen molar-refractivity contribution in [3.63, 3.8) is 0 Å². The fourth-order valence-corrected chi connectivity index (χ4v) is 8.46. The Morgan fingerprint density at radius 2 is 2.06 bits per heavy atom. The number of likely N-dealkylation sites (tertiary alicyclic amines) is 1. The molecule has 7 nitrogen and oxygen atoms in total. The Kier molecular flexibility index (Phi) is 9.27. The van der Waals surface area contributed by atoms with Crippen LogP contribution in [-0.4, -0.2) is 81.6 Å². The lowest BCUT2D eigenvalue weighted by molar-refractivity contribution is -0.154. The Hall–Kier alpha value is -1.80. The van der Waals surface area contributed by atoms with Crippen LogP contribution >= 0.6 is 11.8 Å². The van der Waals surface area contributed by atoms with Crippen LogP contribution < -0.4 is 0 Å². The molecule has 190 valence electrons. The van der Waals surface area contributed by atoms with Crippen LogP contribution in [0.1, 0.15) is 52.4 Å². The summed E-state index contributed by atoms with van der Waals surface area (Å²) in [4.78, 5) is 44.5. The number of hydrogen-bond donors (Lipinski definition) is 1. The lowest BCUT2D eigenvalue weighted by Crippen LogP contribution is -2.57. The maximum atomic E-state index is 14.1. The number of ether oxygens (including phenoxy) is 1. The normalized spacial score (nSPS) is 31.4. The third-order valence-electron chi connectivity index (χ3n) is 7.57. The average molecular weight is 493 g/mol. The monoisotopic (exact) mass is 492 g/mol. The van der Waals surface area contributed by atoms with E-state index in [-0.39, 0.29) is 42.2 Å². The highest BCUT2D eigenvalue weighted by Gasteiger charge is 2.76. The molecule has 1 spiro atoms. The molecule has 0 radical (unpaired) electrons. The highest BCUT2D eigenvalue weighted by molar-refractivity contribution is 8.02. The minimum Gasteiger partial charge on any atom is -0.465 e. The Morgan fingerprint density at radius 1 is 1.29 bits per heavy atom. The fraction of sp³-hybridized carbons (Fsp3) is 0.731. The summed E-state index contributed by atoms with van der Waals surface area (Å²) in [6, 6.07) is -0.644. The zero-order chi connectivity index (χ0) is 24.9. The molecule has 0 aromatic heterocycles. The zero-order valence-corrected chi connectivity index (χ0v) is 21.4. The van der Waals surface area contributed by atoms with E-state index in [1.807, 2.05) is 4.90 Å². The lowest BCUT2D eigenvalue weighted by Gasteiger charge is -2.40. The van der Waals surface area contributed by atoms with Gasteiger partial charge in [0.15, 0.2) is 0 Å². The van der Waals surface area contributed by atoms with Crippen molar-refractivity contribution in [3.05, 3.63) is 25.3 Å². The minimum atomic E-state index is -0.652.